The van der Waals surface area contributed by atoms with E-state index in [0.29, 0.717) is 17.1 Å². The van der Waals surface area contributed by atoms with Gasteiger partial charge in [-0.2, -0.15) is 0 Å². The van der Waals surface area contributed by atoms with Crippen molar-refractivity contribution in [2.24, 2.45) is 0 Å². The van der Waals surface area contributed by atoms with Crippen LogP contribution in [0.2, 0.25) is 0 Å². The lowest BCUT2D eigenvalue weighted by molar-refractivity contribution is -0.305. The number of nitrogens with zero attached hydrogens (tertiary/aromatic N) is 1. The Morgan fingerprint density at radius 1 is 1.33 bits per heavy atom. The molecule has 0 unspecified atom stereocenters. The Labute approximate surface area is 145 Å². The van der Waals surface area contributed by atoms with Gasteiger partial charge in [0.05, 0.1) is 23.0 Å². The molecule has 1 aliphatic rings. The van der Waals surface area contributed by atoms with Crippen molar-refractivity contribution in [1.29, 1.82) is 0 Å². The summed E-state index contributed by atoms with van der Waals surface area (Å²) in [6.45, 7) is -0.597. The van der Waals surface area contributed by atoms with Gasteiger partial charge in [0.15, 0.2) is 0 Å². The number of furan rings is 1. The summed E-state index contributed by atoms with van der Waals surface area (Å²) < 4.78 is 19.4. The number of aliphatic carboxylic acids is 1. The standard InChI is InChI=1S/C16H10FNO4S2/c17-11-4-2-1-3-10(11)12-6-5-9(22-12)7-13-15(21)18(8-14(19)20)16(23)24-13/h1-7H,8H2,(H,19,20)/p-1/b13-7-. The van der Waals surface area contributed by atoms with Crippen molar-refractivity contribution in [2.75, 3.05) is 6.54 Å². The minimum atomic E-state index is -1.40. The van der Waals surface area contributed by atoms with Gasteiger partial charge in [-0.05, 0) is 24.3 Å². The highest BCUT2D eigenvalue weighted by atomic mass is 32.2. The number of benzene rings is 1. The highest BCUT2D eigenvalue weighted by molar-refractivity contribution is 8.26. The Bertz CT molecular complexity index is 874. The van der Waals surface area contributed by atoms with Gasteiger partial charge in [0.25, 0.3) is 5.91 Å². The maximum absolute atomic E-state index is 13.8. The number of carboxylic acid groups (broad SMARTS) is 1. The third-order valence-electron chi connectivity index (χ3n) is 3.20. The fraction of sp³-hybridized carbons (Fsp3) is 0.0625. The van der Waals surface area contributed by atoms with Crippen LogP contribution in [0, 0.1) is 5.82 Å². The molecule has 0 aliphatic carbocycles. The molecule has 5 nitrogen and oxygen atoms in total. The second-order valence-corrected chi connectivity index (χ2v) is 6.50. The lowest BCUT2D eigenvalue weighted by Gasteiger charge is -2.14. The van der Waals surface area contributed by atoms with E-state index in [2.05, 4.69) is 0 Å². The van der Waals surface area contributed by atoms with Gasteiger partial charge < -0.3 is 14.3 Å². The smallest absolute Gasteiger partial charge is 0.266 e. The van der Waals surface area contributed by atoms with Crippen LogP contribution < -0.4 is 5.11 Å². The van der Waals surface area contributed by atoms with E-state index in [1.807, 2.05) is 0 Å². The van der Waals surface area contributed by atoms with Crippen LogP contribution in [0.25, 0.3) is 17.4 Å². The number of carbonyl (C=O) groups is 2. The van der Waals surface area contributed by atoms with E-state index in [9.17, 15) is 19.1 Å². The number of halogens is 1. The lowest BCUT2D eigenvalue weighted by Crippen LogP contribution is -2.40. The molecule has 8 heteroatoms. The van der Waals surface area contributed by atoms with Crippen LogP contribution >= 0.6 is 24.0 Å². The van der Waals surface area contributed by atoms with Crippen LogP contribution in [0.3, 0.4) is 0 Å². The number of amides is 1. The lowest BCUT2D eigenvalue weighted by atomic mass is 10.1. The number of hydrogen-bond donors (Lipinski definition) is 0. The van der Waals surface area contributed by atoms with Gasteiger partial charge in [0.2, 0.25) is 0 Å². The summed E-state index contributed by atoms with van der Waals surface area (Å²) in [5.74, 6) is -1.68. The highest BCUT2D eigenvalue weighted by Gasteiger charge is 2.32. The molecule has 1 aromatic carbocycles. The zero-order valence-corrected chi connectivity index (χ0v) is 13.7. The summed E-state index contributed by atoms with van der Waals surface area (Å²) in [6, 6.07) is 9.34. The molecule has 0 saturated carbocycles. The van der Waals surface area contributed by atoms with Crippen LogP contribution in [0.15, 0.2) is 45.7 Å². The highest BCUT2D eigenvalue weighted by Crippen LogP contribution is 2.33. The topological polar surface area (TPSA) is 73.6 Å². The molecule has 1 aromatic heterocycles. The van der Waals surface area contributed by atoms with Crippen LogP contribution in [0.1, 0.15) is 5.76 Å². The van der Waals surface area contributed by atoms with Gasteiger partial charge in [-0.25, -0.2) is 4.39 Å². The summed E-state index contributed by atoms with van der Waals surface area (Å²) in [5.41, 5.74) is 0.307. The molecular weight excluding hydrogens is 353 g/mol. The minimum Gasteiger partial charge on any atom is -0.548 e. The second-order valence-electron chi connectivity index (χ2n) is 4.82. The fourth-order valence-electron chi connectivity index (χ4n) is 2.13. The average molecular weight is 362 g/mol. The van der Waals surface area contributed by atoms with Gasteiger partial charge in [-0.3, -0.25) is 9.69 Å². The first-order valence-corrected chi connectivity index (χ1v) is 7.98. The van der Waals surface area contributed by atoms with E-state index in [1.54, 1.807) is 30.3 Å². The van der Waals surface area contributed by atoms with Gasteiger partial charge in [-0.1, -0.05) is 36.1 Å². The maximum Gasteiger partial charge on any atom is 0.266 e. The molecule has 1 aliphatic heterocycles. The Hall–Kier alpha value is -2.45. The molecule has 122 valence electrons. The van der Waals surface area contributed by atoms with E-state index < -0.39 is 24.2 Å². The molecule has 3 rings (SSSR count). The first kappa shape index (κ1) is 16.4. The SMILES string of the molecule is O=C([O-])CN1C(=O)/C(=C/c2ccc(-c3ccccc3F)o2)SC1=S. The van der Waals surface area contributed by atoms with Gasteiger partial charge in [-0.15, -0.1) is 0 Å². The van der Waals surface area contributed by atoms with Gasteiger partial charge >= 0.3 is 0 Å². The zero-order chi connectivity index (χ0) is 17.3. The minimum absolute atomic E-state index is 0.135. The molecule has 0 radical (unpaired) electrons. The van der Waals surface area contributed by atoms with Crippen LogP contribution in [-0.4, -0.2) is 27.6 Å². The second kappa shape index (κ2) is 6.58. The molecule has 0 N–H and O–H groups in total. The molecule has 0 spiro atoms. The van der Waals surface area contributed by atoms with Crippen molar-refractivity contribution in [1.82, 2.24) is 4.90 Å². The normalized spacial score (nSPS) is 16.2. The zero-order valence-electron chi connectivity index (χ0n) is 12.0. The van der Waals surface area contributed by atoms with Crippen molar-refractivity contribution in [3.63, 3.8) is 0 Å². The van der Waals surface area contributed by atoms with Crippen LogP contribution in [0.5, 0.6) is 0 Å². The number of rotatable bonds is 4. The molecule has 2 aromatic rings. The van der Waals surface area contributed by atoms with Gasteiger partial charge in [0.1, 0.15) is 21.7 Å². The van der Waals surface area contributed by atoms with Crippen molar-refractivity contribution < 1.29 is 23.5 Å². The van der Waals surface area contributed by atoms with Crippen molar-refractivity contribution in [2.45, 2.75) is 0 Å². The Kier molecular flexibility index (Phi) is 4.50. The quantitative estimate of drug-likeness (QED) is 0.612. The number of thiocarbonyl (C=S) groups is 1. The molecule has 1 saturated heterocycles. The van der Waals surface area contributed by atoms with Crippen LogP contribution in [-0.2, 0) is 9.59 Å². The Balaban J connectivity index is 1.85. The number of thioether (sulfide) groups is 1. The third kappa shape index (κ3) is 3.24. The molecule has 2 heterocycles. The fourth-order valence-corrected chi connectivity index (χ4v) is 3.37. The summed E-state index contributed by atoms with van der Waals surface area (Å²) in [5, 5.41) is 10.7. The van der Waals surface area contributed by atoms with Crippen LogP contribution in [0.4, 0.5) is 4.39 Å². The van der Waals surface area contributed by atoms with E-state index in [0.717, 1.165) is 16.7 Å². The maximum atomic E-state index is 13.8. The van der Waals surface area contributed by atoms with Crippen molar-refractivity contribution in [3.8, 4) is 11.3 Å². The van der Waals surface area contributed by atoms with Crippen molar-refractivity contribution >= 4 is 46.3 Å². The summed E-state index contributed by atoms with van der Waals surface area (Å²) in [7, 11) is 0. The van der Waals surface area contributed by atoms with Crippen molar-refractivity contribution in [3.05, 3.63) is 52.9 Å². The molecule has 1 fully saturated rings. The van der Waals surface area contributed by atoms with E-state index >= 15 is 0 Å². The van der Waals surface area contributed by atoms with E-state index in [-0.39, 0.29) is 9.23 Å². The largest absolute Gasteiger partial charge is 0.548 e. The number of carboxylic acids is 1. The molecule has 24 heavy (non-hydrogen) atoms. The monoisotopic (exact) mass is 362 g/mol. The molecule has 0 atom stereocenters. The Morgan fingerprint density at radius 3 is 2.79 bits per heavy atom. The average Bonchev–Trinajstić information content (AvgIpc) is 3.08. The molecule has 1 amide bonds. The first-order chi connectivity index (χ1) is 11.5. The number of hydrogen-bond acceptors (Lipinski definition) is 6. The Morgan fingerprint density at radius 2 is 2.08 bits per heavy atom. The predicted octanol–water partition coefficient (Wildman–Crippen LogP) is 2.04. The first-order valence-electron chi connectivity index (χ1n) is 6.75. The summed E-state index contributed by atoms with van der Waals surface area (Å²) >= 11 is 5.95. The third-order valence-corrected chi connectivity index (χ3v) is 4.58. The predicted molar refractivity (Wildman–Crippen MR) is 89.0 cm³/mol. The van der Waals surface area contributed by atoms with Gasteiger partial charge in [0, 0.05) is 6.08 Å². The molecule has 0 bridgehead atoms. The summed E-state index contributed by atoms with van der Waals surface area (Å²) in [4.78, 5) is 24.0. The van der Waals surface area contributed by atoms with E-state index in [4.69, 9.17) is 16.6 Å². The summed E-state index contributed by atoms with van der Waals surface area (Å²) in [6.07, 6.45) is 1.44. The van der Waals surface area contributed by atoms with E-state index in [1.165, 1.54) is 12.1 Å². The number of carbonyl (C=O) groups excluding carboxylic acids is 2. The molecular formula is C16H9FNO4S2-.